The molecular weight excluding hydrogens is 1430 g/mol. The lowest BCUT2D eigenvalue weighted by molar-refractivity contribution is -0.144. The van der Waals surface area contributed by atoms with Gasteiger partial charge in [-0.15, -0.1) is 0 Å². The summed E-state index contributed by atoms with van der Waals surface area (Å²) in [6.07, 6.45) is -6.04. The van der Waals surface area contributed by atoms with Gasteiger partial charge in [-0.05, 0) is 89.0 Å². The molecule has 0 saturated carbocycles. The highest BCUT2D eigenvalue weighted by Crippen LogP contribution is 2.14. The van der Waals surface area contributed by atoms with Crippen LogP contribution in [0, 0.1) is 23.7 Å². The maximum atomic E-state index is 14.0. The van der Waals surface area contributed by atoms with Crippen molar-refractivity contribution in [3.8, 4) is 0 Å². The lowest BCUT2D eigenvalue weighted by Gasteiger charge is -2.29. The zero-order chi connectivity index (χ0) is 83.0. The monoisotopic (exact) mass is 1540 g/mol. The standard InChI is InChI=1S/C65H109N17O26/c1-12-32(8)52(65(107)108)81-60(102)40(23-29(2)3)74-45(88)26-70-62(104)53(34(10)84)82-61(103)42(28-83)78-63(105)51(31(6)7)80-64(106)50(30(4)5)79-46(89)27-68-54(96)33(9)71-56(98)36(15-13-14-22-66)75-58(100)38(17-20-47(90)91)77-59(101)39(18-21-48(92)93)76-57(99)37(16-19-43(67)86)73-44(87)25-69-55(97)41(24-49(94)95)72-35(11)85/h29-34,36-42,50-53,83-84H,12-28,66H2,1-11H3,(H2,67,86)(H,68,96)(H,69,97)(H,70,104)(H,71,98)(H,72,85)(H,73,87)(H,74,88)(H,75,100)(H,76,99)(H,77,101)(H,78,105)(H,79,89)(H,80,106)(H,81,102)(H,82,103)(H,90,91)(H,92,93)(H,94,95)(H,107,108)/t32-,33-,34+,36-,37-,38-,39-,40-,41-,42-,50-,51-,52-,53-/m0/s1. The van der Waals surface area contributed by atoms with Crippen molar-refractivity contribution in [3.05, 3.63) is 0 Å². The molecule has 0 spiro atoms. The SMILES string of the molecule is CC[C@H](C)[C@H](NC(=O)[C@H](CC(C)C)NC(=O)CNC(=O)[C@@H](NC(=O)[C@H](CO)NC(=O)[C@@H](NC(=O)[C@@H](NC(=O)CNC(=O)[C@H](C)NC(=O)[C@H](CCCCN)NC(=O)[C@H](CCC(=O)O)NC(=O)[C@H](CCC(=O)O)NC(=O)[C@H](CCC(N)=O)NC(=O)CNC(=O)[C@H](CC(=O)O)NC(C)=O)C(C)C)C(C)C)[C@@H](C)O)C(=O)O. The van der Waals surface area contributed by atoms with E-state index in [2.05, 4.69) is 79.8 Å². The number of carboxylic acid groups (broad SMARTS) is 4. The number of carbonyl (C=O) groups is 20. The fraction of sp³-hybridized carbons (Fsp3) is 0.692. The zero-order valence-corrected chi connectivity index (χ0v) is 62.3. The van der Waals surface area contributed by atoms with Gasteiger partial charge in [0.15, 0.2) is 0 Å². The molecule has 0 rings (SSSR count). The molecule has 0 aliphatic rings. The van der Waals surface area contributed by atoms with Gasteiger partial charge < -0.3 is 122 Å². The number of aliphatic hydroxyl groups is 2. The highest BCUT2D eigenvalue weighted by Gasteiger charge is 2.38. The molecule has 0 aromatic heterocycles. The third-order valence-electron chi connectivity index (χ3n) is 16.1. The van der Waals surface area contributed by atoms with Crippen molar-refractivity contribution in [1.29, 1.82) is 0 Å². The molecular formula is C65H109N17O26. The van der Waals surface area contributed by atoms with E-state index in [-0.39, 0.29) is 38.1 Å². The fourth-order valence-corrected chi connectivity index (χ4v) is 9.89. The Hall–Kier alpha value is -10.7. The first-order valence-electron chi connectivity index (χ1n) is 34.9. The number of hydrogen-bond acceptors (Lipinski definition) is 23. The van der Waals surface area contributed by atoms with Gasteiger partial charge in [0, 0.05) is 26.2 Å². The van der Waals surface area contributed by atoms with E-state index in [4.69, 9.17) is 16.6 Å². The first-order chi connectivity index (χ1) is 50.3. The maximum absolute atomic E-state index is 14.0. The predicted molar refractivity (Wildman–Crippen MR) is 376 cm³/mol. The van der Waals surface area contributed by atoms with E-state index >= 15 is 0 Å². The van der Waals surface area contributed by atoms with E-state index in [1.54, 1.807) is 27.7 Å². The first-order valence-corrected chi connectivity index (χ1v) is 34.9. The van der Waals surface area contributed by atoms with Crippen molar-refractivity contribution in [1.82, 2.24) is 79.8 Å². The van der Waals surface area contributed by atoms with Crippen molar-refractivity contribution in [3.63, 3.8) is 0 Å². The smallest absolute Gasteiger partial charge is 0.326 e. The number of carboxylic acids is 4. The largest absolute Gasteiger partial charge is 0.481 e. The fourth-order valence-electron chi connectivity index (χ4n) is 9.89. The van der Waals surface area contributed by atoms with Crippen molar-refractivity contribution in [2.75, 3.05) is 32.8 Å². The Bertz CT molecular complexity index is 3150. The minimum Gasteiger partial charge on any atom is -0.481 e. The Morgan fingerprint density at radius 2 is 0.769 bits per heavy atom. The van der Waals surface area contributed by atoms with E-state index in [1.807, 2.05) is 0 Å². The van der Waals surface area contributed by atoms with Crippen LogP contribution in [0.15, 0.2) is 0 Å². The average Bonchev–Trinajstić information content (AvgIpc) is 0.858. The van der Waals surface area contributed by atoms with Gasteiger partial charge in [-0.3, -0.25) is 91.1 Å². The molecule has 0 heterocycles. The summed E-state index contributed by atoms with van der Waals surface area (Å²) in [7, 11) is 0. The van der Waals surface area contributed by atoms with Gasteiger partial charge in [0.05, 0.1) is 38.8 Å². The Kier molecular flexibility index (Phi) is 45.0. The van der Waals surface area contributed by atoms with Gasteiger partial charge in [0.25, 0.3) is 0 Å². The van der Waals surface area contributed by atoms with E-state index in [0.717, 1.165) is 13.8 Å². The molecule has 0 aromatic carbocycles. The quantitative estimate of drug-likeness (QED) is 0.0252. The molecule has 43 heteroatoms. The Balaban J connectivity index is 6.33. The Morgan fingerprint density at radius 3 is 1.19 bits per heavy atom. The van der Waals surface area contributed by atoms with E-state index in [1.165, 1.54) is 34.6 Å². The van der Waals surface area contributed by atoms with E-state index in [0.29, 0.717) is 6.42 Å². The summed E-state index contributed by atoms with van der Waals surface area (Å²) in [5.74, 6) is -24.7. The average molecular weight is 1540 g/mol. The first kappa shape index (κ1) is 97.3. The number of unbranched alkanes of at least 4 members (excludes halogenated alkanes) is 1. The summed E-state index contributed by atoms with van der Waals surface area (Å²) in [6, 6.07) is -19.3. The van der Waals surface area contributed by atoms with Gasteiger partial charge >= 0.3 is 23.9 Å². The number of primary amides is 1. The number of hydrogen-bond donors (Lipinski definition) is 23. The lowest BCUT2D eigenvalue weighted by Crippen LogP contribution is -2.62. The summed E-state index contributed by atoms with van der Waals surface area (Å²) in [5.41, 5.74) is 10.9. The van der Waals surface area contributed by atoms with Crippen LogP contribution in [0.25, 0.3) is 0 Å². The lowest BCUT2D eigenvalue weighted by atomic mass is 9.97. The molecule has 0 unspecified atom stereocenters. The molecule has 0 bridgehead atoms. The number of amides is 16. The summed E-state index contributed by atoms with van der Waals surface area (Å²) in [4.78, 5) is 259. The van der Waals surface area contributed by atoms with Gasteiger partial charge in [-0.2, -0.15) is 0 Å². The number of rotatable bonds is 53. The second kappa shape index (κ2) is 50.0. The van der Waals surface area contributed by atoms with E-state index in [9.17, 15) is 121 Å². The molecule has 43 nitrogen and oxygen atoms in total. The third kappa shape index (κ3) is 38.5. The van der Waals surface area contributed by atoms with Crippen LogP contribution in [0.5, 0.6) is 0 Å². The molecule has 0 fully saturated rings. The van der Waals surface area contributed by atoms with Crippen LogP contribution in [0.4, 0.5) is 0 Å². The molecule has 14 atom stereocenters. The van der Waals surface area contributed by atoms with Crippen LogP contribution < -0.4 is 91.2 Å². The minimum atomic E-state index is -1.90. The van der Waals surface area contributed by atoms with Crippen LogP contribution in [0.1, 0.15) is 153 Å². The van der Waals surface area contributed by atoms with Crippen molar-refractivity contribution in [2.24, 2.45) is 35.1 Å². The summed E-state index contributed by atoms with van der Waals surface area (Å²) in [5, 5.41) is 92.9. The van der Waals surface area contributed by atoms with Gasteiger partial charge in [0.2, 0.25) is 94.5 Å². The van der Waals surface area contributed by atoms with Crippen LogP contribution in [0.3, 0.4) is 0 Å². The minimum absolute atomic E-state index is 0.0758. The summed E-state index contributed by atoms with van der Waals surface area (Å²) < 4.78 is 0. The van der Waals surface area contributed by atoms with Gasteiger partial charge in [-0.1, -0.05) is 61.8 Å². The molecule has 0 saturated heterocycles. The Morgan fingerprint density at radius 1 is 0.380 bits per heavy atom. The molecule has 25 N–H and O–H groups in total. The zero-order valence-electron chi connectivity index (χ0n) is 62.3. The number of nitrogens with one attached hydrogen (secondary N) is 15. The number of carbonyl (C=O) groups excluding carboxylic acids is 16. The maximum Gasteiger partial charge on any atom is 0.326 e. The molecule has 610 valence electrons. The predicted octanol–water partition coefficient (Wildman–Crippen LogP) is -8.35. The van der Waals surface area contributed by atoms with Crippen molar-refractivity contribution >= 4 is 118 Å². The van der Waals surface area contributed by atoms with Crippen LogP contribution in [-0.4, -0.2) is 260 Å². The number of aliphatic hydroxyl groups excluding tert-OH is 2. The number of aliphatic carboxylic acids is 4. The second-order valence-corrected chi connectivity index (χ2v) is 26.6. The second-order valence-electron chi connectivity index (χ2n) is 26.6. The summed E-state index contributed by atoms with van der Waals surface area (Å²) in [6.45, 7) is 12.5. The van der Waals surface area contributed by atoms with Crippen LogP contribution in [-0.2, 0) is 95.9 Å². The highest BCUT2D eigenvalue weighted by molar-refractivity contribution is 6.00. The molecule has 16 amide bonds. The molecule has 0 aromatic rings. The van der Waals surface area contributed by atoms with Crippen molar-refractivity contribution in [2.45, 2.75) is 232 Å². The third-order valence-corrected chi connectivity index (χ3v) is 16.1. The Labute approximate surface area is 622 Å². The normalized spacial score (nSPS) is 14.9. The number of nitrogens with two attached hydrogens (primary N) is 2. The molecule has 0 aliphatic carbocycles. The highest BCUT2D eigenvalue weighted by atomic mass is 16.4. The van der Waals surface area contributed by atoms with E-state index < -0.39 is 286 Å². The summed E-state index contributed by atoms with van der Waals surface area (Å²) >= 11 is 0. The van der Waals surface area contributed by atoms with Gasteiger partial charge in [0.1, 0.15) is 72.5 Å². The van der Waals surface area contributed by atoms with Crippen molar-refractivity contribution < 1.29 is 127 Å². The van der Waals surface area contributed by atoms with Crippen LogP contribution in [0.2, 0.25) is 0 Å². The van der Waals surface area contributed by atoms with Crippen LogP contribution >= 0.6 is 0 Å². The van der Waals surface area contributed by atoms with Gasteiger partial charge in [-0.25, -0.2) is 4.79 Å². The molecule has 0 aliphatic heterocycles. The molecule has 108 heavy (non-hydrogen) atoms. The topological polar surface area (TPSA) is 695 Å². The molecule has 0 radical (unpaired) electrons.